The summed E-state index contributed by atoms with van der Waals surface area (Å²) in [6.07, 6.45) is 6.74. The Bertz CT molecular complexity index is 1090. The standard InChI is InChI=1S/C28H34BrN/c1-7-18(8-2)21-10-9-20(29)16-23(21)26-22-17-25-24(15-19(22)11-14-30-26)27(3,4)12-13-28(25,5)6/h9-11,14-18H,7-8,12-13H2,1-6H3. The van der Waals surface area contributed by atoms with Gasteiger partial charge in [0.1, 0.15) is 0 Å². The van der Waals surface area contributed by atoms with Crippen LogP contribution in [-0.4, -0.2) is 4.98 Å². The zero-order chi connectivity index (χ0) is 21.7. The number of aromatic nitrogens is 1. The molecule has 0 saturated heterocycles. The first-order valence-corrected chi connectivity index (χ1v) is 12.2. The summed E-state index contributed by atoms with van der Waals surface area (Å²) in [4.78, 5) is 4.94. The molecular formula is C28H34BrN. The Kier molecular flexibility index (Phi) is 5.60. The van der Waals surface area contributed by atoms with Gasteiger partial charge in [0.05, 0.1) is 5.69 Å². The van der Waals surface area contributed by atoms with E-state index in [1.807, 2.05) is 6.20 Å². The molecule has 3 aromatic rings. The smallest absolute Gasteiger partial charge is 0.0783 e. The van der Waals surface area contributed by atoms with Crippen LogP contribution in [-0.2, 0) is 10.8 Å². The molecule has 158 valence electrons. The fraction of sp³-hybridized carbons (Fsp3) is 0.464. The molecule has 0 radical (unpaired) electrons. The highest BCUT2D eigenvalue weighted by atomic mass is 79.9. The molecule has 1 heterocycles. The average Bonchev–Trinajstić information content (AvgIpc) is 2.72. The van der Waals surface area contributed by atoms with Crippen LogP contribution in [0.5, 0.6) is 0 Å². The lowest BCUT2D eigenvalue weighted by Crippen LogP contribution is -2.33. The Hall–Kier alpha value is -1.67. The van der Waals surface area contributed by atoms with E-state index < -0.39 is 0 Å². The normalized spacial score (nSPS) is 17.3. The van der Waals surface area contributed by atoms with Crippen molar-refractivity contribution in [2.24, 2.45) is 0 Å². The minimum absolute atomic E-state index is 0.196. The number of hydrogen-bond donors (Lipinski definition) is 0. The van der Waals surface area contributed by atoms with Crippen LogP contribution in [0.15, 0.2) is 47.1 Å². The predicted octanol–water partition coefficient (Wildman–Crippen LogP) is 8.92. The van der Waals surface area contributed by atoms with Crippen LogP contribution in [0.1, 0.15) is 89.8 Å². The second-order valence-corrected chi connectivity index (χ2v) is 11.2. The molecule has 0 spiro atoms. The van der Waals surface area contributed by atoms with Gasteiger partial charge in [-0.25, -0.2) is 0 Å². The zero-order valence-electron chi connectivity index (χ0n) is 19.3. The summed E-state index contributed by atoms with van der Waals surface area (Å²) in [5, 5.41) is 2.59. The first-order chi connectivity index (χ1) is 14.2. The Morgan fingerprint density at radius 2 is 1.53 bits per heavy atom. The molecule has 4 rings (SSSR count). The fourth-order valence-corrected chi connectivity index (χ4v) is 5.63. The summed E-state index contributed by atoms with van der Waals surface area (Å²) in [5.41, 5.74) is 7.24. The molecule has 0 aliphatic heterocycles. The summed E-state index contributed by atoms with van der Waals surface area (Å²) in [6.45, 7) is 14.2. The Balaban J connectivity index is 2.03. The molecule has 1 aliphatic carbocycles. The van der Waals surface area contributed by atoms with Crippen molar-refractivity contribution in [3.63, 3.8) is 0 Å². The largest absolute Gasteiger partial charge is 0.256 e. The number of fused-ring (bicyclic) bond motifs is 2. The van der Waals surface area contributed by atoms with Gasteiger partial charge in [-0.05, 0) is 88.8 Å². The Morgan fingerprint density at radius 3 is 2.17 bits per heavy atom. The number of halogens is 1. The van der Waals surface area contributed by atoms with Crippen LogP contribution in [0.3, 0.4) is 0 Å². The summed E-state index contributed by atoms with van der Waals surface area (Å²) in [5.74, 6) is 0.554. The minimum Gasteiger partial charge on any atom is -0.256 e. The molecule has 30 heavy (non-hydrogen) atoms. The van der Waals surface area contributed by atoms with Crippen LogP contribution in [0, 0.1) is 0 Å². The van der Waals surface area contributed by atoms with Gasteiger partial charge in [-0.3, -0.25) is 4.98 Å². The zero-order valence-corrected chi connectivity index (χ0v) is 20.9. The minimum atomic E-state index is 0.196. The highest BCUT2D eigenvalue weighted by Crippen LogP contribution is 2.48. The van der Waals surface area contributed by atoms with Gasteiger partial charge >= 0.3 is 0 Å². The molecule has 1 aliphatic rings. The SMILES string of the molecule is CCC(CC)c1ccc(Br)cc1-c1nccc2cc3c(cc12)C(C)(C)CCC3(C)C. The van der Waals surface area contributed by atoms with Crippen LogP contribution >= 0.6 is 15.9 Å². The summed E-state index contributed by atoms with van der Waals surface area (Å²) in [6, 6.07) is 13.8. The van der Waals surface area contributed by atoms with Crippen molar-refractivity contribution in [2.75, 3.05) is 0 Å². The molecule has 0 bridgehead atoms. The molecule has 1 nitrogen and oxygen atoms in total. The first kappa shape index (κ1) is 21.6. The number of nitrogens with zero attached hydrogens (tertiary/aromatic N) is 1. The molecule has 2 heteroatoms. The van der Waals surface area contributed by atoms with E-state index in [2.05, 4.69) is 93.9 Å². The van der Waals surface area contributed by atoms with Gasteiger partial charge in [-0.2, -0.15) is 0 Å². The number of benzene rings is 2. The maximum absolute atomic E-state index is 4.94. The average molecular weight is 464 g/mol. The van der Waals surface area contributed by atoms with E-state index >= 15 is 0 Å². The Labute approximate surface area is 190 Å². The van der Waals surface area contributed by atoms with E-state index in [4.69, 9.17) is 4.98 Å². The second kappa shape index (κ2) is 7.79. The van der Waals surface area contributed by atoms with E-state index in [0.717, 1.165) is 23.0 Å². The van der Waals surface area contributed by atoms with Gasteiger partial charge in [-0.15, -0.1) is 0 Å². The highest BCUT2D eigenvalue weighted by Gasteiger charge is 2.37. The van der Waals surface area contributed by atoms with Crippen LogP contribution < -0.4 is 0 Å². The van der Waals surface area contributed by atoms with Crippen molar-refractivity contribution in [2.45, 2.75) is 84.0 Å². The van der Waals surface area contributed by atoms with Crippen LogP contribution in [0.25, 0.3) is 22.0 Å². The van der Waals surface area contributed by atoms with Crippen LogP contribution in [0.2, 0.25) is 0 Å². The van der Waals surface area contributed by atoms with Crippen molar-refractivity contribution in [1.82, 2.24) is 4.98 Å². The quantitative estimate of drug-likeness (QED) is 0.376. The van der Waals surface area contributed by atoms with Gasteiger partial charge in [0.15, 0.2) is 0 Å². The van der Waals surface area contributed by atoms with E-state index in [9.17, 15) is 0 Å². The lowest BCUT2D eigenvalue weighted by Gasteiger charge is -2.42. The third kappa shape index (κ3) is 3.62. The molecule has 0 fully saturated rings. The van der Waals surface area contributed by atoms with Gasteiger partial charge in [0.2, 0.25) is 0 Å². The van der Waals surface area contributed by atoms with Gasteiger partial charge in [0, 0.05) is 21.6 Å². The van der Waals surface area contributed by atoms with Crippen molar-refractivity contribution < 1.29 is 0 Å². The lowest BCUT2D eigenvalue weighted by molar-refractivity contribution is 0.332. The maximum Gasteiger partial charge on any atom is 0.0783 e. The fourth-order valence-electron chi connectivity index (χ4n) is 5.27. The third-order valence-electron chi connectivity index (χ3n) is 7.43. The number of hydrogen-bond acceptors (Lipinski definition) is 1. The molecule has 0 N–H and O–H groups in total. The highest BCUT2D eigenvalue weighted by molar-refractivity contribution is 9.10. The van der Waals surface area contributed by atoms with Gasteiger partial charge < -0.3 is 0 Å². The van der Waals surface area contributed by atoms with E-state index in [1.54, 1.807) is 0 Å². The summed E-state index contributed by atoms with van der Waals surface area (Å²) in [7, 11) is 0. The first-order valence-electron chi connectivity index (χ1n) is 11.4. The molecule has 0 saturated carbocycles. The second-order valence-electron chi connectivity index (χ2n) is 10.3. The van der Waals surface area contributed by atoms with Crippen molar-refractivity contribution in [3.8, 4) is 11.3 Å². The van der Waals surface area contributed by atoms with Crippen molar-refractivity contribution >= 4 is 26.7 Å². The van der Waals surface area contributed by atoms with E-state index in [-0.39, 0.29) is 10.8 Å². The van der Waals surface area contributed by atoms with Crippen LogP contribution in [0.4, 0.5) is 0 Å². The monoisotopic (exact) mass is 463 g/mol. The van der Waals surface area contributed by atoms with Gasteiger partial charge in [-0.1, -0.05) is 69.6 Å². The van der Waals surface area contributed by atoms with E-state index in [1.165, 1.54) is 45.9 Å². The van der Waals surface area contributed by atoms with Crippen molar-refractivity contribution in [3.05, 3.63) is 63.8 Å². The summed E-state index contributed by atoms with van der Waals surface area (Å²) < 4.78 is 1.12. The lowest BCUT2D eigenvalue weighted by atomic mass is 9.62. The molecule has 0 atom stereocenters. The number of pyridine rings is 1. The van der Waals surface area contributed by atoms with Gasteiger partial charge in [0.25, 0.3) is 0 Å². The molecule has 0 amide bonds. The topological polar surface area (TPSA) is 12.9 Å². The number of rotatable bonds is 4. The van der Waals surface area contributed by atoms with E-state index in [0.29, 0.717) is 5.92 Å². The third-order valence-corrected chi connectivity index (χ3v) is 7.92. The van der Waals surface area contributed by atoms with Crippen molar-refractivity contribution in [1.29, 1.82) is 0 Å². The molecule has 1 aromatic heterocycles. The molecule has 2 aromatic carbocycles. The predicted molar refractivity (Wildman–Crippen MR) is 133 cm³/mol. The molecule has 0 unspecified atom stereocenters. The maximum atomic E-state index is 4.94. The molecular weight excluding hydrogens is 430 g/mol. The summed E-state index contributed by atoms with van der Waals surface area (Å²) >= 11 is 3.72. The Morgan fingerprint density at radius 1 is 0.900 bits per heavy atom.